The molecule has 304 valence electrons. The molecule has 1 fully saturated rings. The number of aromatic nitrogens is 4. The summed E-state index contributed by atoms with van der Waals surface area (Å²) in [5, 5.41) is 14.9. The summed E-state index contributed by atoms with van der Waals surface area (Å²) in [6, 6.07) is 16.6. The standard InChI is InChI=1S/C43H65N7O4Si2/c1-9-11-13-18-37-40(49(23-10-2)36-21-24-47(25-22-36)43(51)52)46-41-38(35-19-20-39(44-30-35)34-16-14-12-15-17-34)31-45-50(41)42(37)48(32-53-26-28-55(3,4)5)33-54-27-29-56(6,7)8/h10,12,14-17,19-20,30-31,36H,2,9,11,13,18,21-29,32-33H2,1,3-8H3,(H,51,52). The number of benzene rings is 1. The zero-order valence-electron chi connectivity index (χ0n) is 35.0. The van der Waals surface area contributed by atoms with Crippen molar-refractivity contribution < 1.29 is 19.4 Å². The van der Waals surface area contributed by atoms with Crippen molar-refractivity contribution in [1.82, 2.24) is 24.5 Å². The number of hydrogen-bond acceptors (Lipinski definition) is 8. The molecule has 0 bridgehead atoms. The molecule has 11 nitrogen and oxygen atoms in total. The molecule has 1 aliphatic rings. The van der Waals surface area contributed by atoms with E-state index in [0.717, 1.165) is 83.0 Å². The van der Waals surface area contributed by atoms with E-state index in [-0.39, 0.29) is 6.04 Å². The quantitative estimate of drug-likeness (QED) is 0.0382. The van der Waals surface area contributed by atoms with Crippen LogP contribution in [0.1, 0.15) is 44.6 Å². The number of carbonyl (C=O) groups is 1. The van der Waals surface area contributed by atoms with Crippen molar-refractivity contribution in [3.05, 3.63) is 73.1 Å². The number of nitrogens with zero attached hydrogens (tertiary/aromatic N) is 7. The summed E-state index contributed by atoms with van der Waals surface area (Å²) in [5.41, 5.74) is 5.61. The number of carboxylic acid groups (broad SMARTS) is 1. The number of pyridine rings is 1. The van der Waals surface area contributed by atoms with Crippen molar-refractivity contribution in [3.63, 3.8) is 0 Å². The Kier molecular flexibility index (Phi) is 15.3. The molecule has 4 aromatic rings. The van der Waals surface area contributed by atoms with Crippen molar-refractivity contribution in [2.45, 2.75) is 103 Å². The highest BCUT2D eigenvalue weighted by molar-refractivity contribution is 6.76. The van der Waals surface area contributed by atoms with Gasteiger partial charge in [-0.25, -0.2) is 9.78 Å². The predicted octanol–water partition coefficient (Wildman–Crippen LogP) is 9.76. The minimum Gasteiger partial charge on any atom is -0.465 e. The van der Waals surface area contributed by atoms with E-state index in [1.165, 1.54) is 4.90 Å². The van der Waals surface area contributed by atoms with Crippen LogP contribution in [0.2, 0.25) is 51.4 Å². The Labute approximate surface area is 336 Å². The van der Waals surface area contributed by atoms with Crippen LogP contribution in [-0.2, 0) is 15.9 Å². The van der Waals surface area contributed by atoms with Crippen LogP contribution >= 0.6 is 0 Å². The Morgan fingerprint density at radius 1 is 0.929 bits per heavy atom. The fourth-order valence-corrected chi connectivity index (χ4v) is 8.57. The number of unbranched alkanes of at least 4 members (excludes halogenated alkanes) is 2. The lowest BCUT2D eigenvalue weighted by molar-refractivity contribution is 0.0941. The number of rotatable bonds is 21. The summed E-state index contributed by atoms with van der Waals surface area (Å²) in [5.74, 6) is 1.82. The summed E-state index contributed by atoms with van der Waals surface area (Å²) >= 11 is 0. The Morgan fingerprint density at radius 3 is 2.14 bits per heavy atom. The van der Waals surface area contributed by atoms with Gasteiger partial charge in [0.25, 0.3) is 0 Å². The van der Waals surface area contributed by atoms with E-state index in [1.807, 2.05) is 41.2 Å². The second-order valence-corrected chi connectivity index (χ2v) is 28.7. The van der Waals surface area contributed by atoms with Crippen molar-refractivity contribution in [2.75, 3.05) is 56.1 Å². The van der Waals surface area contributed by atoms with Gasteiger partial charge in [-0.1, -0.05) is 102 Å². The van der Waals surface area contributed by atoms with Crippen molar-refractivity contribution in [3.8, 4) is 22.4 Å². The lowest BCUT2D eigenvalue weighted by Crippen LogP contribution is -2.47. The molecule has 0 radical (unpaired) electrons. The molecule has 1 aromatic carbocycles. The number of piperidine rings is 1. The number of amides is 1. The minimum atomic E-state index is -1.32. The van der Waals surface area contributed by atoms with E-state index < -0.39 is 22.2 Å². The first kappa shape index (κ1) is 43.1. The molecule has 1 amide bonds. The number of fused-ring (bicyclic) bond motifs is 1. The molecular formula is C43H65N7O4Si2. The number of anilines is 2. The molecule has 13 heteroatoms. The third kappa shape index (κ3) is 11.7. The first-order chi connectivity index (χ1) is 26.8. The van der Waals surface area contributed by atoms with Gasteiger partial charge in [-0.15, -0.1) is 6.58 Å². The fourth-order valence-electron chi connectivity index (χ4n) is 7.06. The van der Waals surface area contributed by atoms with Crippen LogP contribution in [-0.4, -0.2) is 104 Å². The molecule has 1 N–H and O–H groups in total. The van der Waals surface area contributed by atoms with Crippen LogP contribution < -0.4 is 9.80 Å². The summed E-state index contributed by atoms with van der Waals surface area (Å²) in [7, 11) is -2.64. The van der Waals surface area contributed by atoms with E-state index in [9.17, 15) is 9.90 Å². The maximum Gasteiger partial charge on any atom is 0.407 e. The highest BCUT2D eigenvalue weighted by Crippen LogP contribution is 2.37. The molecule has 0 spiro atoms. The molecule has 1 aliphatic heterocycles. The third-order valence-corrected chi connectivity index (χ3v) is 13.8. The molecule has 0 saturated carbocycles. The van der Waals surface area contributed by atoms with Gasteiger partial charge < -0.3 is 29.3 Å². The molecular weight excluding hydrogens is 735 g/mol. The fraction of sp³-hybridized carbons (Fsp3) is 0.535. The molecule has 0 unspecified atom stereocenters. The largest absolute Gasteiger partial charge is 0.465 e. The van der Waals surface area contributed by atoms with Crippen molar-refractivity contribution in [1.29, 1.82) is 0 Å². The van der Waals surface area contributed by atoms with E-state index in [1.54, 1.807) is 0 Å². The van der Waals surface area contributed by atoms with Gasteiger partial charge in [0.15, 0.2) is 5.65 Å². The van der Waals surface area contributed by atoms with Gasteiger partial charge in [-0.2, -0.15) is 9.61 Å². The highest BCUT2D eigenvalue weighted by Gasteiger charge is 2.32. The molecule has 4 heterocycles. The van der Waals surface area contributed by atoms with E-state index in [4.69, 9.17) is 24.5 Å². The molecule has 0 atom stereocenters. The van der Waals surface area contributed by atoms with Gasteiger partial charge in [-0.3, -0.25) is 4.98 Å². The van der Waals surface area contributed by atoms with E-state index >= 15 is 0 Å². The van der Waals surface area contributed by atoms with Gasteiger partial charge in [0.2, 0.25) is 0 Å². The second kappa shape index (κ2) is 19.9. The summed E-state index contributed by atoms with van der Waals surface area (Å²) in [4.78, 5) is 28.4. The third-order valence-electron chi connectivity index (χ3n) is 10.4. The Balaban J connectivity index is 1.68. The topological polar surface area (TPSA) is 109 Å². The van der Waals surface area contributed by atoms with Crippen molar-refractivity contribution in [2.24, 2.45) is 0 Å². The number of likely N-dealkylation sites (tertiary alicyclic amines) is 1. The van der Waals surface area contributed by atoms with Crippen molar-refractivity contribution >= 4 is 39.5 Å². The molecule has 0 aliphatic carbocycles. The summed E-state index contributed by atoms with van der Waals surface area (Å²) in [6.45, 7) is 24.3. The zero-order chi connectivity index (χ0) is 40.3. The summed E-state index contributed by atoms with van der Waals surface area (Å²) < 4.78 is 15.0. The van der Waals surface area contributed by atoms with E-state index in [2.05, 4.69) is 86.9 Å². The van der Waals surface area contributed by atoms with Crippen LogP contribution in [0.15, 0.2) is 67.5 Å². The van der Waals surface area contributed by atoms with Crippen LogP contribution in [0.5, 0.6) is 0 Å². The maximum atomic E-state index is 11.9. The van der Waals surface area contributed by atoms with Gasteiger partial charge in [0.05, 0.1) is 11.9 Å². The first-order valence-corrected chi connectivity index (χ1v) is 27.9. The monoisotopic (exact) mass is 799 g/mol. The molecule has 5 rings (SSSR count). The minimum absolute atomic E-state index is 0.0870. The molecule has 3 aromatic heterocycles. The normalized spacial score (nSPS) is 14.0. The SMILES string of the molecule is C=CCN(c1nc2c(-c3ccc(-c4ccccc4)nc3)cnn2c(N(COCC[Si](C)(C)C)COCC[Si](C)(C)C)c1CCCCC)C1CCN(C(=O)O)CC1. The Morgan fingerprint density at radius 2 is 1.59 bits per heavy atom. The van der Waals surface area contributed by atoms with Crippen LogP contribution in [0.4, 0.5) is 16.4 Å². The van der Waals surface area contributed by atoms with Gasteiger partial charge >= 0.3 is 6.09 Å². The number of ether oxygens (including phenoxy) is 2. The average molecular weight is 800 g/mol. The van der Waals surface area contributed by atoms with E-state index in [0.29, 0.717) is 59.2 Å². The van der Waals surface area contributed by atoms with Gasteiger partial charge in [0.1, 0.15) is 25.1 Å². The zero-order valence-corrected chi connectivity index (χ0v) is 37.0. The first-order valence-electron chi connectivity index (χ1n) is 20.5. The van der Waals surface area contributed by atoms with Gasteiger partial charge in [0, 0.05) is 83.5 Å². The predicted molar refractivity (Wildman–Crippen MR) is 235 cm³/mol. The maximum absolute atomic E-state index is 11.9. The van der Waals surface area contributed by atoms with Crippen LogP contribution in [0.3, 0.4) is 0 Å². The number of hydrogen-bond donors (Lipinski definition) is 1. The molecule has 56 heavy (non-hydrogen) atoms. The average Bonchev–Trinajstić information content (AvgIpc) is 3.59. The Bertz CT molecular complexity index is 1830. The van der Waals surface area contributed by atoms with Gasteiger partial charge in [-0.05, 0) is 43.8 Å². The molecule has 1 saturated heterocycles. The lowest BCUT2D eigenvalue weighted by Gasteiger charge is -2.39. The summed E-state index contributed by atoms with van der Waals surface area (Å²) in [6.07, 6.45) is 10.3. The Hall–Kier alpha value is -4.05. The highest BCUT2D eigenvalue weighted by atomic mass is 28.3. The van der Waals surface area contributed by atoms with Crippen LogP contribution in [0, 0.1) is 0 Å². The van der Waals surface area contributed by atoms with Crippen LogP contribution in [0.25, 0.3) is 28.0 Å². The second-order valence-electron chi connectivity index (χ2n) is 17.5. The smallest absolute Gasteiger partial charge is 0.407 e. The lowest BCUT2D eigenvalue weighted by atomic mass is 10.0.